The molecule has 1 aliphatic rings. The third-order valence-electron chi connectivity index (χ3n) is 4.29. The van der Waals surface area contributed by atoms with Crippen LogP contribution in [0.3, 0.4) is 0 Å². The second-order valence-corrected chi connectivity index (χ2v) is 5.70. The molecule has 2 aromatic rings. The average Bonchev–Trinajstić information content (AvgIpc) is 2.72. The highest BCUT2D eigenvalue weighted by Gasteiger charge is 2.15. The Morgan fingerprint density at radius 2 is 1.71 bits per heavy atom. The summed E-state index contributed by atoms with van der Waals surface area (Å²) in [4.78, 5) is 7.22. The van der Waals surface area contributed by atoms with E-state index < -0.39 is 0 Å². The fourth-order valence-corrected chi connectivity index (χ4v) is 3.03. The first-order valence-corrected chi connectivity index (χ1v) is 7.71. The molecule has 0 unspecified atom stereocenters. The Bertz CT molecular complexity index is 595. The zero-order valence-corrected chi connectivity index (χ0v) is 12.9. The molecule has 0 saturated heterocycles. The van der Waals surface area contributed by atoms with Crippen LogP contribution in [0, 0.1) is 6.92 Å². The maximum atomic E-state index is 4.81. The second kappa shape index (κ2) is 6.27. The minimum atomic E-state index is 0.880. The van der Waals surface area contributed by atoms with E-state index in [1.807, 2.05) is 7.05 Å². The van der Waals surface area contributed by atoms with Crippen molar-refractivity contribution in [1.29, 1.82) is 0 Å². The number of aromatic nitrogens is 1. The van der Waals surface area contributed by atoms with Crippen molar-refractivity contribution in [2.75, 3.05) is 25.0 Å². The molecule has 1 aromatic carbocycles. The molecule has 1 aromatic heterocycles. The molecule has 3 heteroatoms. The lowest BCUT2D eigenvalue weighted by molar-refractivity contribution is 0.775. The van der Waals surface area contributed by atoms with Gasteiger partial charge in [-0.3, -0.25) is 0 Å². The van der Waals surface area contributed by atoms with E-state index in [0.29, 0.717) is 0 Å². The van der Waals surface area contributed by atoms with E-state index in [1.54, 1.807) is 0 Å². The summed E-state index contributed by atoms with van der Waals surface area (Å²) in [6, 6.07) is 13.2. The third-order valence-corrected chi connectivity index (χ3v) is 4.29. The lowest BCUT2D eigenvalue weighted by Gasteiger charge is -2.22. The van der Waals surface area contributed by atoms with Gasteiger partial charge in [0.05, 0.1) is 0 Å². The van der Waals surface area contributed by atoms with Gasteiger partial charge in [-0.15, -0.1) is 0 Å². The number of nitrogens with one attached hydrogen (secondary N) is 1. The maximum absolute atomic E-state index is 4.81. The lowest BCUT2D eigenvalue weighted by atomic mass is 10.0. The number of aryl methyl sites for hydroxylation is 1. The van der Waals surface area contributed by atoms with Crippen molar-refractivity contribution < 1.29 is 0 Å². The average molecular weight is 281 g/mol. The molecular formula is C18H23N3. The minimum absolute atomic E-state index is 0.880. The predicted molar refractivity (Wildman–Crippen MR) is 87.8 cm³/mol. The fourth-order valence-electron chi connectivity index (χ4n) is 3.03. The van der Waals surface area contributed by atoms with Gasteiger partial charge in [-0.1, -0.05) is 30.3 Å². The zero-order valence-electron chi connectivity index (χ0n) is 12.9. The fraction of sp³-hybridized carbons (Fsp3) is 0.389. The first-order valence-electron chi connectivity index (χ1n) is 7.71. The van der Waals surface area contributed by atoms with E-state index in [-0.39, 0.29) is 0 Å². The number of fused-ring (bicyclic) bond motifs is 1. The molecule has 0 radical (unpaired) electrons. The van der Waals surface area contributed by atoms with Crippen LogP contribution in [0.4, 0.5) is 5.82 Å². The Hall–Kier alpha value is -1.87. The summed E-state index contributed by atoms with van der Waals surface area (Å²) in [5.41, 5.74) is 5.38. The second-order valence-electron chi connectivity index (χ2n) is 5.70. The molecule has 0 amide bonds. The SMILES string of the molecule is CNCc1ccc(N2CCc3ccccc3CC2)nc1C. The van der Waals surface area contributed by atoms with Crippen molar-refractivity contribution in [2.45, 2.75) is 26.3 Å². The lowest BCUT2D eigenvalue weighted by Crippen LogP contribution is -2.27. The van der Waals surface area contributed by atoms with Crippen molar-refractivity contribution in [3.05, 3.63) is 58.8 Å². The van der Waals surface area contributed by atoms with Crippen LogP contribution in [0.2, 0.25) is 0 Å². The Morgan fingerprint density at radius 1 is 1.05 bits per heavy atom. The van der Waals surface area contributed by atoms with Gasteiger partial charge >= 0.3 is 0 Å². The van der Waals surface area contributed by atoms with Crippen LogP contribution in [-0.4, -0.2) is 25.1 Å². The highest BCUT2D eigenvalue weighted by molar-refractivity contribution is 5.44. The summed E-state index contributed by atoms with van der Waals surface area (Å²) in [7, 11) is 1.97. The first kappa shape index (κ1) is 14.1. The van der Waals surface area contributed by atoms with Gasteiger partial charge in [-0.2, -0.15) is 0 Å². The topological polar surface area (TPSA) is 28.2 Å². The normalized spacial score (nSPS) is 14.7. The van der Waals surface area contributed by atoms with Crippen molar-refractivity contribution >= 4 is 5.82 Å². The van der Waals surface area contributed by atoms with E-state index in [2.05, 4.69) is 53.5 Å². The van der Waals surface area contributed by atoms with Crippen LogP contribution in [0.15, 0.2) is 36.4 Å². The van der Waals surface area contributed by atoms with Crippen molar-refractivity contribution in [3.63, 3.8) is 0 Å². The van der Waals surface area contributed by atoms with Gasteiger partial charge in [0.15, 0.2) is 0 Å². The molecular weight excluding hydrogens is 258 g/mol. The van der Waals surface area contributed by atoms with Crippen LogP contribution in [-0.2, 0) is 19.4 Å². The Morgan fingerprint density at radius 3 is 2.29 bits per heavy atom. The Kier molecular flexibility index (Phi) is 4.20. The number of hydrogen-bond acceptors (Lipinski definition) is 3. The number of rotatable bonds is 3. The van der Waals surface area contributed by atoms with Crippen LogP contribution in [0.25, 0.3) is 0 Å². The van der Waals surface area contributed by atoms with E-state index >= 15 is 0 Å². The first-order chi connectivity index (χ1) is 10.3. The van der Waals surface area contributed by atoms with Crippen LogP contribution in [0.5, 0.6) is 0 Å². The van der Waals surface area contributed by atoms with Gasteiger partial charge in [-0.05, 0) is 49.6 Å². The highest BCUT2D eigenvalue weighted by atomic mass is 15.2. The molecule has 3 rings (SSSR count). The molecule has 0 atom stereocenters. The number of nitrogens with zero attached hydrogens (tertiary/aromatic N) is 2. The third kappa shape index (κ3) is 3.08. The molecule has 0 saturated carbocycles. The summed E-state index contributed by atoms with van der Waals surface area (Å²) in [5.74, 6) is 1.11. The standard InChI is InChI=1S/C18H23N3/c1-14-17(13-19-2)7-8-18(20-14)21-11-9-15-5-3-4-6-16(15)10-12-21/h3-8,19H,9-13H2,1-2H3. The number of pyridine rings is 1. The van der Waals surface area contributed by atoms with Crippen LogP contribution in [0.1, 0.15) is 22.4 Å². The van der Waals surface area contributed by atoms with E-state index in [0.717, 1.165) is 44.0 Å². The van der Waals surface area contributed by atoms with Gasteiger partial charge < -0.3 is 10.2 Å². The van der Waals surface area contributed by atoms with Crippen LogP contribution < -0.4 is 10.2 Å². The van der Waals surface area contributed by atoms with E-state index in [4.69, 9.17) is 4.98 Å². The quantitative estimate of drug-likeness (QED) is 0.937. The molecule has 0 spiro atoms. The van der Waals surface area contributed by atoms with E-state index in [9.17, 15) is 0 Å². The van der Waals surface area contributed by atoms with Crippen LogP contribution >= 0.6 is 0 Å². The number of benzene rings is 1. The predicted octanol–water partition coefficient (Wildman–Crippen LogP) is 2.71. The molecule has 1 aliphatic heterocycles. The summed E-state index contributed by atoms with van der Waals surface area (Å²) >= 11 is 0. The number of anilines is 1. The molecule has 110 valence electrons. The van der Waals surface area contributed by atoms with Gasteiger partial charge in [-0.25, -0.2) is 4.98 Å². The smallest absolute Gasteiger partial charge is 0.128 e. The summed E-state index contributed by atoms with van der Waals surface area (Å²) in [5, 5.41) is 3.19. The molecule has 0 aliphatic carbocycles. The Labute approximate surface area is 127 Å². The monoisotopic (exact) mass is 281 g/mol. The minimum Gasteiger partial charge on any atom is -0.356 e. The largest absolute Gasteiger partial charge is 0.356 e. The summed E-state index contributed by atoms with van der Waals surface area (Å²) < 4.78 is 0. The van der Waals surface area contributed by atoms with Crippen molar-refractivity contribution in [1.82, 2.24) is 10.3 Å². The summed E-state index contributed by atoms with van der Waals surface area (Å²) in [6.45, 7) is 5.08. The zero-order chi connectivity index (χ0) is 14.7. The molecule has 3 nitrogen and oxygen atoms in total. The highest BCUT2D eigenvalue weighted by Crippen LogP contribution is 2.20. The van der Waals surface area contributed by atoms with Gasteiger partial charge in [0, 0.05) is 25.3 Å². The maximum Gasteiger partial charge on any atom is 0.128 e. The van der Waals surface area contributed by atoms with Gasteiger partial charge in [0.1, 0.15) is 5.82 Å². The molecule has 1 N–H and O–H groups in total. The number of hydrogen-bond donors (Lipinski definition) is 1. The summed E-state index contributed by atoms with van der Waals surface area (Å²) in [6.07, 6.45) is 2.21. The van der Waals surface area contributed by atoms with E-state index in [1.165, 1.54) is 16.7 Å². The van der Waals surface area contributed by atoms with Gasteiger partial charge in [0.25, 0.3) is 0 Å². The Balaban J connectivity index is 1.78. The van der Waals surface area contributed by atoms with Crippen molar-refractivity contribution in [3.8, 4) is 0 Å². The van der Waals surface area contributed by atoms with Crippen molar-refractivity contribution in [2.24, 2.45) is 0 Å². The molecule has 0 fully saturated rings. The molecule has 2 heterocycles. The molecule has 0 bridgehead atoms. The van der Waals surface area contributed by atoms with Gasteiger partial charge in [0.2, 0.25) is 0 Å². The molecule has 21 heavy (non-hydrogen) atoms.